The fourth-order valence-electron chi connectivity index (χ4n) is 2.16. The molecule has 22 heavy (non-hydrogen) atoms. The van der Waals surface area contributed by atoms with Crippen LogP contribution in [0, 0.1) is 0 Å². The van der Waals surface area contributed by atoms with E-state index in [1.165, 1.54) is 22.3 Å². The molecule has 0 aromatic carbocycles. The van der Waals surface area contributed by atoms with E-state index in [1.807, 2.05) is 0 Å². The van der Waals surface area contributed by atoms with Crippen LogP contribution in [0.2, 0.25) is 0 Å². The highest BCUT2D eigenvalue weighted by Gasteiger charge is 2.27. The number of pyridine rings is 1. The van der Waals surface area contributed by atoms with Crippen LogP contribution in [0.5, 0.6) is 0 Å². The van der Waals surface area contributed by atoms with Crippen molar-refractivity contribution in [1.29, 1.82) is 0 Å². The predicted molar refractivity (Wildman–Crippen MR) is 84.2 cm³/mol. The van der Waals surface area contributed by atoms with Crippen molar-refractivity contribution in [1.82, 2.24) is 9.29 Å². The zero-order chi connectivity index (χ0) is 16.2. The maximum Gasteiger partial charge on any atom is 0.319 e. The highest BCUT2D eigenvalue weighted by Crippen LogP contribution is 2.25. The summed E-state index contributed by atoms with van der Waals surface area (Å²) in [6, 6.07) is 3.17. The Kier molecular flexibility index (Phi) is 5.82. The fourth-order valence-corrected chi connectivity index (χ4v) is 4.41. The van der Waals surface area contributed by atoms with Gasteiger partial charge in [0.25, 0.3) is 0 Å². The van der Waals surface area contributed by atoms with Crippen LogP contribution in [-0.4, -0.2) is 48.6 Å². The summed E-state index contributed by atoms with van der Waals surface area (Å²) in [4.78, 5) is 15.9. The molecular formula is C14H20N2O4S2. The minimum absolute atomic E-state index is 0.197. The number of rotatable bonds is 6. The molecule has 0 unspecified atom stereocenters. The van der Waals surface area contributed by atoms with Gasteiger partial charge in [0.15, 0.2) is 0 Å². The van der Waals surface area contributed by atoms with Gasteiger partial charge in [0, 0.05) is 19.3 Å². The van der Waals surface area contributed by atoms with Crippen molar-refractivity contribution in [3.63, 3.8) is 0 Å². The molecular weight excluding hydrogens is 324 g/mol. The van der Waals surface area contributed by atoms with E-state index in [4.69, 9.17) is 4.74 Å². The quantitative estimate of drug-likeness (QED) is 0.579. The molecule has 1 aromatic heterocycles. The summed E-state index contributed by atoms with van der Waals surface area (Å²) in [5.74, 6) is -0.303. The molecule has 1 aliphatic rings. The molecule has 1 fully saturated rings. The number of aromatic nitrogens is 1. The third-order valence-electron chi connectivity index (χ3n) is 3.33. The number of hydrogen-bond acceptors (Lipinski definition) is 6. The van der Waals surface area contributed by atoms with Crippen LogP contribution in [0.1, 0.15) is 26.7 Å². The number of thioether (sulfide) groups is 1. The minimum Gasteiger partial charge on any atom is -0.465 e. The third kappa shape index (κ3) is 3.99. The molecule has 8 heteroatoms. The smallest absolute Gasteiger partial charge is 0.319 e. The van der Waals surface area contributed by atoms with E-state index < -0.39 is 10.0 Å². The van der Waals surface area contributed by atoms with Crippen LogP contribution in [0.4, 0.5) is 0 Å². The maximum absolute atomic E-state index is 12.4. The van der Waals surface area contributed by atoms with Gasteiger partial charge >= 0.3 is 5.97 Å². The lowest BCUT2D eigenvalue weighted by Crippen LogP contribution is -2.27. The molecule has 1 saturated heterocycles. The van der Waals surface area contributed by atoms with Crippen molar-refractivity contribution in [2.45, 2.75) is 41.9 Å². The van der Waals surface area contributed by atoms with Gasteiger partial charge < -0.3 is 4.74 Å². The summed E-state index contributed by atoms with van der Waals surface area (Å²) in [5.41, 5.74) is 0. The van der Waals surface area contributed by atoms with E-state index in [0.717, 1.165) is 12.8 Å². The standard InChI is InChI=1S/C14H20N2O4S2/c1-3-20-14(17)11(2)21-13-7-6-12(10-15-13)22(18,19)16-8-4-5-9-16/h6-7,10-11H,3-5,8-9H2,1-2H3/t11-/m1/s1. The maximum atomic E-state index is 12.4. The molecule has 0 N–H and O–H groups in total. The number of carbonyl (C=O) groups excluding carboxylic acids is 1. The molecule has 6 nitrogen and oxygen atoms in total. The number of nitrogens with zero attached hydrogens (tertiary/aromatic N) is 2. The van der Waals surface area contributed by atoms with Gasteiger partial charge in [-0.15, -0.1) is 0 Å². The average Bonchev–Trinajstić information content (AvgIpc) is 3.03. The molecule has 0 amide bonds. The summed E-state index contributed by atoms with van der Waals surface area (Å²) < 4.78 is 31.1. The molecule has 0 saturated carbocycles. The monoisotopic (exact) mass is 344 g/mol. The van der Waals surface area contributed by atoms with Crippen LogP contribution in [0.25, 0.3) is 0 Å². The zero-order valence-corrected chi connectivity index (χ0v) is 14.3. The van der Waals surface area contributed by atoms with Crippen LogP contribution in [-0.2, 0) is 19.6 Å². The van der Waals surface area contributed by atoms with Crippen LogP contribution in [0.3, 0.4) is 0 Å². The van der Waals surface area contributed by atoms with Crippen LogP contribution in [0.15, 0.2) is 28.3 Å². The summed E-state index contributed by atoms with van der Waals surface area (Å²) >= 11 is 1.25. The Bertz CT molecular complexity index is 610. The average molecular weight is 344 g/mol. The molecule has 0 spiro atoms. The van der Waals surface area contributed by atoms with Crippen LogP contribution >= 0.6 is 11.8 Å². The second kappa shape index (κ2) is 7.43. The van der Waals surface area contributed by atoms with E-state index >= 15 is 0 Å². The topological polar surface area (TPSA) is 76.6 Å². The Labute approximate surface area is 135 Å². The number of sulfonamides is 1. The third-order valence-corrected chi connectivity index (χ3v) is 6.24. The van der Waals surface area contributed by atoms with Gasteiger partial charge in [-0.1, -0.05) is 11.8 Å². The number of ether oxygens (including phenoxy) is 1. The molecule has 1 atom stereocenters. The Hall–Kier alpha value is -1.12. The highest BCUT2D eigenvalue weighted by molar-refractivity contribution is 8.00. The first kappa shape index (κ1) is 17.2. The lowest BCUT2D eigenvalue weighted by atomic mass is 10.4. The van der Waals surface area contributed by atoms with E-state index in [9.17, 15) is 13.2 Å². The minimum atomic E-state index is -3.44. The van der Waals surface area contributed by atoms with Gasteiger partial charge in [-0.2, -0.15) is 4.31 Å². The van der Waals surface area contributed by atoms with Gasteiger partial charge in [0.2, 0.25) is 10.0 Å². The zero-order valence-electron chi connectivity index (χ0n) is 12.7. The summed E-state index contributed by atoms with van der Waals surface area (Å²) in [6.07, 6.45) is 3.16. The van der Waals surface area contributed by atoms with Gasteiger partial charge in [-0.3, -0.25) is 4.79 Å². The van der Waals surface area contributed by atoms with Crippen molar-refractivity contribution < 1.29 is 17.9 Å². The Morgan fingerprint density at radius 2 is 2.09 bits per heavy atom. The number of hydrogen-bond donors (Lipinski definition) is 0. The highest BCUT2D eigenvalue weighted by atomic mass is 32.2. The van der Waals surface area contributed by atoms with E-state index in [0.29, 0.717) is 24.7 Å². The van der Waals surface area contributed by atoms with Gasteiger partial charge in [-0.05, 0) is 38.8 Å². The first-order valence-electron chi connectivity index (χ1n) is 7.24. The SMILES string of the molecule is CCOC(=O)[C@@H](C)Sc1ccc(S(=O)(=O)N2CCCC2)cn1. The molecule has 1 aromatic rings. The molecule has 2 rings (SSSR count). The molecule has 1 aliphatic heterocycles. The molecule has 122 valence electrons. The Morgan fingerprint density at radius 3 is 2.64 bits per heavy atom. The van der Waals surface area contributed by atoms with Crippen molar-refractivity contribution in [2.75, 3.05) is 19.7 Å². The van der Waals surface area contributed by atoms with E-state index in [2.05, 4.69) is 4.98 Å². The molecule has 0 radical (unpaired) electrons. The normalized spacial score (nSPS) is 17.4. The lowest BCUT2D eigenvalue weighted by Gasteiger charge is -2.15. The summed E-state index contributed by atoms with van der Waals surface area (Å²) in [6.45, 7) is 4.96. The first-order valence-corrected chi connectivity index (χ1v) is 9.56. The predicted octanol–water partition coefficient (Wildman–Crippen LogP) is 1.91. The van der Waals surface area contributed by atoms with Gasteiger partial charge in [0.05, 0.1) is 11.6 Å². The lowest BCUT2D eigenvalue weighted by molar-refractivity contribution is -0.142. The molecule has 2 heterocycles. The van der Waals surface area contributed by atoms with Crippen molar-refractivity contribution in [2.24, 2.45) is 0 Å². The fraction of sp³-hybridized carbons (Fsp3) is 0.571. The van der Waals surface area contributed by atoms with Crippen LogP contribution < -0.4 is 0 Å². The molecule has 0 bridgehead atoms. The Balaban J connectivity index is 2.05. The largest absolute Gasteiger partial charge is 0.465 e. The number of carbonyl (C=O) groups is 1. The second-order valence-electron chi connectivity index (χ2n) is 4.96. The van der Waals surface area contributed by atoms with E-state index in [1.54, 1.807) is 26.0 Å². The summed E-state index contributed by atoms with van der Waals surface area (Å²) in [5, 5.41) is 0.217. The van der Waals surface area contributed by atoms with Gasteiger partial charge in [0.1, 0.15) is 10.1 Å². The van der Waals surface area contributed by atoms with Crippen molar-refractivity contribution >= 4 is 27.8 Å². The Morgan fingerprint density at radius 1 is 1.41 bits per heavy atom. The van der Waals surface area contributed by atoms with Crippen molar-refractivity contribution in [3.05, 3.63) is 18.3 Å². The summed E-state index contributed by atoms with van der Waals surface area (Å²) in [7, 11) is -3.44. The molecule has 0 aliphatic carbocycles. The number of esters is 1. The van der Waals surface area contributed by atoms with E-state index in [-0.39, 0.29) is 16.1 Å². The first-order chi connectivity index (χ1) is 10.4. The van der Waals surface area contributed by atoms with Gasteiger partial charge in [-0.25, -0.2) is 13.4 Å². The second-order valence-corrected chi connectivity index (χ2v) is 8.25. The van der Waals surface area contributed by atoms with Crippen molar-refractivity contribution in [3.8, 4) is 0 Å².